The third kappa shape index (κ3) is 3.23. The second-order valence-electron chi connectivity index (χ2n) is 5.81. The Bertz CT molecular complexity index is 793. The van der Waals surface area contributed by atoms with Crippen LogP contribution in [-0.4, -0.2) is 33.5 Å². The average Bonchev–Trinajstić information content (AvgIpc) is 2.92. The minimum atomic E-state index is -1.33. The van der Waals surface area contributed by atoms with Gasteiger partial charge in [0.15, 0.2) is 0 Å². The number of carbonyl (C=O) groups excluding carboxylic acids is 1. The number of carboxylic acid groups (broad SMARTS) is 1. The van der Waals surface area contributed by atoms with Crippen LogP contribution in [0.1, 0.15) is 30.3 Å². The zero-order valence-corrected chi connectivity index (χ0v) is 14.9. The van der Waals surface area contributed by atoms with E-state index in [1.165, 1.54) is 0 Å². The van der Waals surface area contributed by atoms with Gasteiger partial charge in [-0.1, -0.05) is 59.6 Å². The second-order valence-corrected chi connectivity index (χ2v) is 6.63. The van der Waals surface area contributed by atoms with Gasteiger partial charge in [0.25, 0.3) is 0 Å². The lowest BCUT2D eigenvalue weighted by molar-refractivity contribution is -0.125. The molecule has 0 bridgehead atoms. The summed E-state index contributed by atoms with van der Waals surface area (Å²) in [4.78, 5) is 26.7. The van der Waals surface area contributed by atoms with Crippen molar-refractivity contribution in [3.63, 3.8) is 0 Å². The molecular weight excluding hydrogens is 363 g/mol. The maximum atomic E-state index is 12.4. The maximum Gasteiger partial charge on any atom is 0.415 e. The molecule has 5 nitrogen and oxygen atoms in total. The minimum Gasteiger partial charge on any atom is -0.465 e. The van der Waals surface area contributed by atoms with Gasteiger partial charge in [-0.2, -0.15) is 0 Å². The van der Waals surface area contributed by atoms with Gasteiger partial charge in [-0.25, -0.2) is 9.69 Å². The summed E-state index contributed by atoms with van der Waals surface area (Å²) >= 11 is 12.6. The molecule has 25 heavy (non-hydrogen) atoms. The van der Waals surface area contributed by atoms with Crippen molar-refractivity contribution in [1.82, 2.24) is 9.80 Å². The summed E-state index contributed by atoms with van der Waals surface area (Å²) in [5.74, 6) is -0.503. The highest BCUT2D eigenvalue weighted by molar-refractivity contribution is 6.36. The zero-order valence-electron chi connectivity index (χ0n) is 13.4. The molecule has 1 aliphatic rings. The van der Waals surface area contributed by atoms with E-state index in [0.717, 1.165) is 10.5 Å². The zero-order chi connectivity index (χ0) is 18.1. The summed E-state index contributed by atoms with van der Waals surface area (Å²) in [6.45, 7) is 1.89. The lowest BCUT2D eigenvalue weighted by Crippen LogP contribution is -2.37. The van der Waals surface area contributed by atoms with Gasteiger partial charge in [-0.05, 0) is 24.6 Å². The summed E-state index contributed by atoms with van der Waals surface area (Å²) in [6.07, 6.45) is -2.20. The third-order valence-electron chi connectivity index (χ3n) is 4.39. The fraction of sp³-hybridized carbons (Fsp3) is 0.222. The SMILES string of the molecule is C[C@H](c1ccccc1)N1CC(=O)N(C(=O)O)[C@@H]1c1c(Cl)cccc1Cl. The molecule has 130 valence electrons. The highest BCUT2D eigenvalue weighted by Gasteiger charge is 2.46. The predicted octanol–water partition coefficient (Wildman–Crippen LogP) is 4.58. The van der Waals surface area contributed by atoms with Crippen LogP contribution in [0.3, 0.4) is 0 Å². The lowest BCUT2D eigenvalue weighted by atomic mass is 10.0. The number of amides is 2. The standard InChI is InChI=1S/C18H16Cl2N2O3/c1-11(12-6-3-2-4-7-12)21-10-15(23)22(18(24)25)17(21)16-13(19)8-5-9-14(16)20/h2-9,11,17H,10H2,1H3,(H,24,25)/t11-,17-/m1/s1. The number of hydrogen-bond acceptors (Lipinski definition) is 3. The molecule has 2 aromatic carbocycles. The van der Waals surface area contributed by atoms with Gasteiger partial charge in [-0.15, -0.1) is 0 Å². The smallest absolute Gasteiger partial charge is 0.415 e. The van der Waals surface area contributed by atoms with E-state index in [4.69, 9.17) is 23.2 Å². The average molecular weight is 379 g/mol. The molecule has 0 unspecified atom stereocenters. The molecule has 1 saturated heterocycles. The number of imide groups is 1. The van der Waals surface area contributed by atoms with Crippen molar-refractivity contribution in [2.45, 2.75) is 19.1 Å². The normalized spacial score (nSPS) is 19.2. The highest BCUT2D eigenvalue weighted by Crippen LogP contribution is 2.42. The Morgan fingerprint density at radius 2 is 1.72 bits per heavy atom. The van der Waals surface area contributed by atoms with Crippen molar-refractivity contribution in [1.29, 1.82) is 0 Å². The summed E-state index contributed by atoms with van der Waals surface area (Å²) < 4.78 is 0. The third-order valence-corrected chi connectivity index (χ3v) is 5.05. The van der Waals surface area contributed by atoms with E-state index in [0.29, 0.717) is 15.6 Å². The molecular formula is C18H16Cl2N2O3. The molecule has 0 aromatic heterocycles. The van der Waals surface area contributed by atoms with E-state index in [-0.39, 0.29) is 12.6 Å². The largest absolute Gasteiger partial charge is 0.465 e. The summed E-state index contributed by atoms with van der Waals surface area (Å²) in [7, 11) is 0. The number of rotatable bonds is 3. The van der Waals surface area contributed by atoms with E-state index in [9.17, 15) is 14.7 Å². The summed E-state index contributed by atoms with van der Waals surface area (Å²) in [5.41, 5.74) is 1.39. The number of hydrogen-bond donors (Lipinski definition) is 1. The lowest BCUT2D eigenvalue weighted by Gasteiger charge is -2.33. The van der Waals surface area contributed by atoms with E-state index < -0.39 is 18.2 Å². The topological polar surface area (TPSA) is 60.9 Å². The first-order valence-electron chi connectivity index (χ1n) is 7.71. The van der Waals surface area contributed by atoms with Crippen LogP contribution in [0.15, 0.2) is 48.5 Å². The first-order valence-corrected chi connectivity index (χ1v) is 8.47. The van der Waals surface area contributed by atoms with E-state index >= 15 is 0 Å². The maximum absolute atomic E-state index is 12.4. The van der Waals surface area contributed by atoms with Crippen LogP contribution in [0, 0.1) is 0 Å². The molecule has 0 radical (unpaired) electrons. The first kappa shape index (κ1) is 17.7. The molecule has 2 atom stereocenters. The van der Waals surface area contributed by atoms with Crippen LogP contribution in [0.5, 0.6) is 0 Å². The Kier molecular flexibility index (Phi) is 4.99. The van der Waals surface area contributed by atoms with Crippen LogP contribution in [-0.2, 0) is 4.79 Å². The molecule has 1 fully saturated rings. The monoisotopic (exact) mass is 378 g/mol. The van der Waals surface area contributed by atoms with Crippen molar-refractivity contribution >= 4 is 35.2 Å². The Labute approximate surface area is 155 Å². The fourth-order valence-corrected chi connectivity index (χ4v) is 3.73. The number of carbonyl (C=O) groups is 2. The van der Waals surface area contributed by atoms with Gasteiger partial charge < -0.3 is 5.11 Å². The molecule has 3 rings (SSSR count). The molecule has 2 amide bonds. The molecule has 1 aliphatic heterocycles. The van der Waals surface area contributed by atoms with Gasteiger partial charge in [0.05, 0.1) is 6.54 Å². The van der Waals surface area contributed by atoms with Gasteiger partial charge >= 0.3 is 6.09 Å². The van der Waals surface area contributed by atoms with Crippen molar-refractivity contribution in [3.8, 4) is 0 Å². The molecule has 1 heterocycles. The van der Waals surface area contributed by atoms with Gasteiger partial charge in [0.1, 0.15) is 6.17 Å². The van der Waals surface area contributed by atoms with Crippen LogP contribution in [0.2, 0.25) is 10.0 Å². The number of nitrogens with zero attached hydrogens (tertiary/aromatic N) is 2. The van der Waals surface area contributed by atoms with E-state index in [2.05, 4.69) is 0 Å². The van der Waals surface area contributed by atoms with E-state index in [1.807, 2.05) is 37.3 Å². The Balaban J connectivity index is 2.11. The van der Waals surface area contributed by atoms with Crippen molar-refractivity contribution in [2.24, 2.45) is 0 Å². The van der Waals surface area contributed by atoms with Crippen molar-refractivity contribution in [2.75, 3.05) is 6.54 Å². The second kappa shape index (κ2) is 7.04. The summed E-state index contributed by atoms with van der Waals surface area (Å²) in [6, 6.07) is 14.3. The van der Waals surface area contributed by atoms with Crippen LogP contribution in [0.4, 0.5) is 4.79 Å². The van der Waals surface area contributed by atoms with Crippen LogP contribution in [0.25, 0.3) is 0 Å². The first-order chi connectivity index (χ1) is 11.9. The van der Waals surface area contributed by atoms with E-state index in [1.54, 1.807) is 23.1 Å². The molecule has 0 spiro atoms. The highest BCUT2D eigenvalue weighted by atomic mass is 35.5. The quantitative estimate of drug-likeness (QED) is 0.849. The van der Waals surface area contributed by atoms with Gasteiger partial charge in [0.2, 0.25) is 5.91 Å². The fourth-order valence-electron chi connectivity index (χ4n) is 3.14. The van der Waals surface area contributed by atoms with Crippen LogP contribution < -0.4 is 0 Å². The molecule has 7 heteroatoms. The molecule has 0 saturated carbocycles. The van der Waals surface area contributed by atoms with Gasteiger partial charge in [-0.3, -0.25) is 9.69 Å². The molecule has 0 aliphatic carbocycles. The minimum absolute atomic E-state index is 0.0332. The van der Waals surface area contributed by atoms with Gasteiger partial charge in [0, 0.05) is 21.7 Å². The molecule has 2 aromatic rings. The van der Waals surface area contributed by atoms with Crippen LogP contribution >= 0.6 is 23.2 Å². The Hall–Kier alpha value is -2.08. The van der Waals surface area contributed by atoms with Crippen molar-refractivity contribution in [3.05, 3.63) is 69.7 Å². The van der Waals surface area contributed by atoms with Crippen molar-refractivity contribution < 1.29 is 14.7 Å². The Morgan fingerprint density at radius 1 is 1.12 bits per heavy atom. The predicted molar refractivity (Wildman–Crippen MR) is 95.6 cm³/mol. The number of halogens is 2. The number of benzene rings is 2. The Morgan fingerprint density at radius 3 is 2.28 bits per heavy atom. The summed E-state index contributed by atoms with van der Waals surface area (Å²) in [5, 5.41) is 10.2. The molecule has 1 N–H and O–H groups in total.